The lowest BCUT2D eigenvalue weighted by Crippen LogP contribution is -2.50. The molecule has 1 fully saturated rings. The number of anilines is 1. The van der Waals surface area contributed by atoms with Crippen molar-refractivity contribution in [2.45, 2.75) is 46.1 Å². The lowest BCUT2D eigenvalue weighted by Gasteiger charge is -2.34. The highest BCUT2D eigenvalue weighted by Gasteiger charge is 2.27. The number of fused-ring (bicyclic) bond motifs is 3. The molecule has 2 atom stereocenters. The van der Waals surface area contributed by atoms with E-state index in [9.17, 15) is 14.7 Å². The number of hydrogen-bond acceptors (Lipinski definition) is 6. The monoisotopic (exact) mass is 533 g/mol. The molecule has 4 N–H and O–H groups in total. The van der Waals surface area contributed by atoms with Gasteiger partial charge in [0.2, 0.25) is 5.91 Å². The summed E-state index contributed by atoms with van der Waals surface area (Å²) in [5.41, 5.74) is 12.5. The number of pyridine rings is 1. The van der Waals surface area contributed by atoms with Gasteiger partial charge in [0.05, 0.1) is 17.3 Å². The van der Waals surface area contributed by atoms with Crippen molar-refractivity contribution in [1.82, 2.24) is 14.8 Å². The zero-order valence-electron chi connectivity index (χ0n) is 22.3. The molecule has 0 radical (unpaired) electrons. The predicted octanol–water partition coefficient (Wildman–Crippen LogP) is 3.16. The van der Waals surface area contributed by atoms with Crippen LogP contribution in [0.15, 0.2) is 30.3 Å². The molecule has 2 aromatic carbocycles. The SMILES string of the molecule is CC.CC(=O)N1CCN(C(=O)c2ccc(-c3nc4c(P)cc(N)c(C=N)c4c4c3CC(O)CC4)cc2)CC1. The van der Waals surface area contributed by atoms with E-state index < -0.39 is 6.10 Å². The van der Waals surface area contributed by atoms with Crippen LogP contribution < -0.4 is 11.0 Å². The Hall–Kier alpha value is -3.35. The van der Waals surface area contributed by atoms with Gasteiger partial charge in [-0.25, -0.2) is 4.98 Å². The van der Waals surface area contributed by atoms with Crippen molar-refractivity contribution in [2.24, 2.45) is 0 Å². The molecule has 2 unspecified atom stereocenters. The number of aromatic nitrogens is 1. The fourth-order valence-corrected chi connectivity index (χ4v) is 5.73. The van der Waals surface area contributed by atoms with Gasteiger partial charge in [-0.2, -0.15) is 0 Å². The molecule has 1 aliphatic heterocycles. The summed E-state index contributed by atoms with van der Waals surface area (Å²) >= 11 is 0. The van der Waals surface area contributed by atoms with Crippen LogP contribution in [0, 0.1) is 5.41 Å². The van der Waals surface area contributed by atoms with Gasteiger partial charge in [0, 0.05) is 73.5 Å². The zero-order chi connectivity index (χ0) is 27.6. The Morgan fingerprint density at radius 3 is 2.34 bits per heavy atom. The minimum Gasteiger partial charge on any atom is -0.398 e. The maximum absolute atomic E-state index is 13.1. The Balaban J connectivity index is 0.00000164. The maximum atomic E-state index is 13.1. The van der Waals surface area contributed by atoms with Gasteiger partial charge in [-0.1, -0.05) is 26.0 Å². The third kappa shape index (κ3) is 5.16. The first-order chi connectivity index (χ1) is 18.3. The highest BCUT2D eigenvalue weighted by molar-refractivity contribution is 7.28. The predicted molar refractivity (Wildman–Crippen MR) is 156 cm³/mol. The zero-order valence-corrected chi connectivity index (χ0v) is 23.4. The molecule has 3 aromatic rings. The van der Waals surface area contributed by atoms with Crippen molar-refractivity contribution in [3.63, 3.8) is 0 Å². The van der Waals surface area contributed by atoms with Gasteiger partial charge in [0.1, 0.15) is 0 Å². The maximum Gasteiger partial charge on any atom is 0.253 e. The molecule has 9 heteroatoms. The van der Waals surface area contributed by atoms with E-state index in [1.165, 1.54) is 6.21 Å². The molecule has 0 saturated carbocycles. The van der Waals surface area contributed by atoms with Crippen LogP contribution in [-0.4, -0.2) is 70.2 Å². The van der Waals surface area contributed by atoms with Gasteiger partial charge < -0.3 is 26.0 Å². The fourth-order valence-electron chi connectivity index (χ4n) is 5.35. The van der Waals surface area contributed by atoms with Crippen LogP contribution >= 0.6 is 9.24 Å². The average Bonchev–Trinajstić information content (AvgIpc) is 2.93. The molecular weight excluding hydrogens is 497 g/mol. The van der Waals surface area contributed by atoms with Gasteiger partial charge >= 0.3 is 0 Å². The van der Waals surface area contributed by atoms with Crippen molar-refractivity contribution in [3.05, 3.63) is 52.6 Å². The quantitative estimate of drug-likeness (QED) is 0.271. The molecule has 38 heavy (non-hydrogen) atoms. The number of rotatable bonds is 3. The van der Waals surface area contributed by atoms with Crippen LogP contribution in [0.3, 0.4) is 0 Å². The van der Waals surface area contributed by atoms with Crippen LogP contribution in [0.25, 0.3) is 22.2 Å². The molecule has 200 valence electrons. The minimum absolute atomic E-state index is 0.0341. The van der Waals surface area contributed by atoms with Crippen molar-refractivity contribution >= 4 is 49.2 Å². The minimum atomic E-state index is -0.454. The molecule has 1 aliphatic carbocycles. The highest BCUT2D eigenvalue weighted by atomic mass is 31.0. The Labute approximate surface area is 225 Å². The van der Waals surface area contributed by atoms with Crippen LogP contribution in [0.1, 0.15) is 54.2 Å². The van der Waals surface area contributed by atoms with Crippen LogP contribution in [0.2, 0.25) is 0 Å². The Morgan fingerprint density at radius 2 is 1.74 bits per heavy atom. The Kier molecular flexibility index (Phi) is 8.44. The third-order valence-corrected chi connectivity index (χ3v) is 7.75. The molecule has 0 bridgehead atoms. The van der Waals surface area contributed by atoms with Crippen molar-refractivity contribution in [2.75, 3.05) is 31.9 Å². The largest absolute Gasteiger partial charge is 0.398 e. The lowest BCUT2D eigenvalue weighted by molar-refractivity contribution is -0.130. The average molecular weight is 534 g/mol. The standard InChI is InChI=1S/C27H30N5O3P.C2H6/c1-15(33)31-8-10-32(11-9-31)27(35)17-4-2-16(3-5-17)25-20-12-18(34)6-7-19(20)24-21(14-28)22(29)13-23(36)26(24)30-25;1-2/h2-5,13-14,18,28,34H,6-12,29,36H2,1H3;1-2H3. The summed E-state index contributed by atoms with van der Waals surface area (Å²) in [6, 6.07) is 9.28. The summed E-state index contributed by atoms with van der Waals surface area (Å²) in [4.78, 5) is 33.2. The number of benzene rings is 2. The summed E-state index contributed by atoms with van der Waals surface area (Å²) in [6.45, 7) is 7.69. The number of nitrogens with zero attached hydrogens (tertiary/aromatic N) is 3. The summed E-state index contributed by atoms with van der Waals surface area (Å²) in [5, 5.41) is 20.2. The number of nitrogen functional groups attached to an aromatic ring is 1. The number of amides is 2. The first-order valence-corrected chi connectivity index (χ1v) is 13.7. The molecule has 2 heterocycles. The summed E-state index contributed by atoms with van der Waals surface area (Å²) < 4.78 is 0. The lowest BCUT2D eigenvalue weighted by atomic mass is 9.83. The van der Waals surface area contributed by atoms with E-state index in [0.717, 1.165) is 38.6 Å². The van der Waals surface area contributed by atoms with Crippen LogP contribution in [0.4, 0.5) is 5.69 Å². The highest BCUT2D eigenvalue weighted by Crippen LogP contribution is 2.37. The third-order valence-electron chi connectivity index (χ3n) is 7.31. The number of nitrogens with one attached hydrogen (secondary N) is 1. The molecule has 0 spiro atoms. The van der Waals surface area contributed by atoms with Crippen molar-refractivity contribution in [3.8, 4) is 11.3 Å². The number of aryl methyl sites for hydroxylation is 1. The Morgan fingerprint density at radius 1 is 1.11 bits per heavy atom. The van der Waals surface area contributed by atoms with Crippen LogP contribution in [0.5, 0.6) is 0 Å². The number of aliphatic hydroxyl groups excluding tert-OH is 1. The number of aliphatic hydroxyl groups is 1. The van der Waals surface area contributed by atoms with Crippen molar-refractivity contribution in [1.29, 1.82) is 5.41 Å². The topological polar surface area (TPSA) is 124 Å². The molecule has 1 aromatic heterocycles. The number of hydrogen-bond donors (Lipinski definition) is 3. The van der Waals surface area contributed by atoms with E-state index >= 15 is 0 Å². The van der Waals surface area contributed by atoms with Gasteiger partial charge in [-0.15, -0.1) is 9.24 Å². The molecular formula is C29H36N5O3P. The Bertz CT molecular complexity index is 1380. The van der Waals surface area contributed by atoms with Crippen molar-refractivity contribution < 1.29 is 14.7 Å². The summed E-state index contributed by atoms with van der Waals surface area (Å²) in [7, 11) is 2.70. The van der Waals surface area contributed by atoms with Gasteiger partial charge in [0.15, 0.2) is 0 Å². The van der Waals surface area contributed by atoms with E-state index in [1.54, 1.807) is 16.7 Å². The van der Waals surface area contributed by atoms with E-state index in [0.29, 0.717) is 62.3 Å². The number of piperazine rings is 1. The number of carbonyl (C=O) groups is 2. The second-order valence-electron chi connectivity index (χ2n) is 9.53. The smallest absolute Gasteiger partial charge is 0.253 e. The molecule has 5 rings (SSSR count). The van der Waals surface area contributed by atoms with E-state index in [4.69, 9.17) is 16.1 Å². The number of carbonyl (C=O) groups excluding carboxylic acids is 2. The van der Waals surface area contributed by atoms with Gasteiger partial charge in [-0.05, 0) is 47.5 Å². The second kappa shape index (κ2) is 11.6. The van der Waals surface area contributed by atoms with Gasteiger partial charge in [-0.3, -0.25) is 9.59 Å². The fraction of sp³-hybridized carbons (Fsp3) is 0.379. The van der Waals surface area contributed by atoms with Gasteiger partial charge in [0.25, 0.3) is 5.91 Å². The van der Waals surface area contributed by atoms with E-state index in [1.807, 2.05) is 44.2 Å². The first-order valence-electron chi connectivity index (χ1n) is 13.2. The van der Waals surface area contributed by atoms with E-state index in [-0.39, 0.29) is 11.8 Å². The normalized spacial score (nSPS) is 16.9. The molecule has 1 saturated heterocycles. The molecule has 8 nitrogen and oxygen atoms in total. The molecule has 2 aliphatic rings. The first kappa shape index (κ1) is 27.7. The molecule has 2 amide bonds. The van der Waals surface area contributed by atoms with Crippen LogP contribution in [-0.2, 0) is 17.6 Å². The van der Waals surface area contributed by atoms with E-state index in [2.05, 4.69) is 9.24 Å². The summed E-state index contributed by atoms with van der Waals surface area (Å²) in [5.74, 6) is -0.0149. The second-order valence-corrected chi connectivity index (χ2v) is 10.1. The number of nitrogens with two attached hydrogens (primary N) is 1. The summed E-state index contributed by atoms with van der Waals surface area (Å²) in [6.07, 6.45) is 2.64.